The van der Waals surface area contributed by atoms with Crippen LogP contribution in [0.4, 0.5) is 17.6 Å². The average Bonchev–Trinajstić information content (AvgIpc) is 3.51. The van der Waals surface area contributed by atoms with Crippen LogP contribution in [0.5, 0.6) is 0 Å². The highest BCUT2D eigenvalue weighted by molar-refractivity contribution is 6.42. The summed E-state index contributed by atoms with van der Waals surface area (Å²) in [7, 11) is 0. The molecule has 36 heavy (non-hydrogen) atoms. The molecule has 0 radical (unpaired) electrons. The van der Waals surface area contributed by atoms with Crippen molar-refractivity contribution in [1.29, 1.82) is 0 Å². The zero-order valence-corrected chi connectivity index (χ0v) is 21.1. The number of pyridine rings is 1. The van der Waals surface area contributed by atoms with E-state index in [0.29, 0.717) is 28.4 Å². The first kappa shape index (κ1) is 22.8. The fourth-order valence-corrected chi connectivity index (χ4v) is 4.74. The first-order chi connectivity index (χ1) is 17.6. The van der Waals surface area contributed by atoms with Gasteiger partial charge in [-0.1, -0.05) is 29.3 Å². The highest BCUT2D eigenvalue weighted by Crippen LogP contribution is 2.28. The molecule has 1 saturated heterocycles. The molecule has 0 bridgehead atoms. The van der Waals surface area contributed by atoms with Gasteiger partial charge >= 0.3 is 0 Å². The maximum Gasteiger partial charge on any atom is 0.229 e. The minimum absolute atomic E-state index is 0.432. The number of nitrogens with one attached hydrogen (secondary N) is 2. The molecule has 1 fully saturated rings. The minimum atomic E-state index is 0.432. The Morgan fingerprint density at radius 1 is 0.972 bits per heavy atom. The highest BCUT2D eigenvalue weighted by Gasteiger charge is 2.22. The number of aryl methyl sites for hydroxylation is 1. The van der Waals surface area contributed by atoms with Gasteiger partial charge in [-0.25, -0.2) is 15.0 Å². The minimum Gasteiger partial charge on any atom is -0.361 e. The summed E-state index contributed by atoms with van der Waals surface area (Å²) in [6.07, 6.45) is 3.63. The number of piperazine rings is 1. The Hall–Kier alpha value is -3.63. The summed E-state index contributed by atoms with van der Waals surface area (Å²) < 4.78 is 2.03. The van der Waals surface area contributed by atoms with Gasteiger partial charge in [-0.05, 0) is 31.2 Å². The van der Waals surface area contributed by atoms with E-state index in [4.69, 9.17) is 33.2 Å². The molecule has 0 aliphatic carbocycles. The maximum atomic E-state index is 6.15. The van der Waals surface area contributed by atoms with Crippen LogP contribution in [0.25, 0.3) is 22.2 Å². The average molecular weight is 523 g/mol. The molecule has 184 valence electrons. The van der Waals surface area contributed by atoms with Gasteiger partial charge in [0.1, 0.15) is 11.6 Å². The second kappa shape index (κ2) is 9.44. The van der Waals surface area contributed by atoms with Crippen LogP contribution in [0.2, 0.25) is 10.0 Å². The number of hydrogen-bond donors (Lipinski definition) is 2. The molecule has 1 aliphatic rings. The van der Waals surface area contributed by atoms with Crippen molar-refractivity contribution in [1.82, 2.24) is 34.5 Å². The van der Waals surface area contributed by atoms with Gasteiger partial charge < -0.3 is 24.7 Å². The lowest BCUT2D eigenvalue weighted by Crippen LogP contribution is -2.47. The number of anilines is 3. The summed E-state index contributed by atoms with van der Waals surface area (Å²) >= 11 is 12.3. The Kier molecular flexibility index (Phi) is 5.98. The van der Waals surface area contributed by atoms with E-state index in [2.05, 4.69) is 42.0 Å². The lowest BCUT2D eigenvalue weighted by atomic mass is 10.3. The van der Waals surface area contributed by atoms with Gasteiger partial charge in [0.2, 0.25) is 5.95 Å². The number of nitrogens with zero attached hydrogens (tertiary/aromatic N) is 8. The molecular formula is C24H24Cl2N10. The van der Waals surface area contributed by atoms with Crippen molar-refractivity contribution in [3.63, 3.8) is 0 Å². The predicted molar refractivity (Wildman–Crippen MR) is 143 cm³/mol. The van der Waals surface area contributed by atoms with E-state index in [9.17, 15) is 0 Å². The summed E-state index contributed by atoms with van der Waals surface area (Å²) in [5.74, 6) is 3.10. The highest BCUT2D eigenvalue weighted by atomic mass is 35.5. The second-order valence-electron chi connectivity index (χ2n) is 8.56. The van der Waals surface area contributed by atoms with Gasteiger partial charge in [-0.15, -0.1) is 0 Å². The van der Waals surface area contributed by atoms with Gasteiger partial charge in [-0.3, -0.25) is 0 Å². The van der Waals surface area contributed by atoms with Gasteiger partial charge in [0.25, 0.3) is 0 Å². The van der Waals surface area contributed by atoms with Crippen LogP contribution in [0, 0.1) is 0 Å². The molecule has 0 amide bonds. The van der Waals surface area contributed by atoms with E-state index in [1.165, 1.54) is 0 Å². The number of hydrogen-bond acceptors (Lipinski definition) is 8. The Morgan fingerprint density at radius 3 is 2.56 bits per heavy atom. The molecule has 0 unspecified atom stereocenters. The third-order valence-corrected chi connectivity index (χ3v) is 7.05. The molecule has 5 aromatic rings. The van der Waals surface area contributed by atoms with Crippen molar-refractivity contribution in [2.45, 2.75) is 20.0 Å². The summed E-state index contributed by atoms with van der Waals surface area (Å²) in [4.78, 5) is 31.2. The van der Waals surface area contributed by atoms with Gasteiger partial charge in [0.05, 0.1) is 34.0 Å². The number of halogens is 2. The molecule has 1 aliphatic heterocycles. The Labute approximate surface area is 217 Å². The lowest BCUT2D eigenvalue weighted by Gasteiger charge is -2.35. The molecule has 0 atom stereocenters. The van der Waals surface area contributed by atoms with Crippen LogP contribution >= 0.6 is 23.2 Å². The van der Waals surface area contributed by atoms with Gasteiger partial charge in [-0.2, -0.15) is 9.97 Å². The van der Waals surface area contributed by atoms with Gasteiger partial charge in [0.15, 0.2) is 17.0 Å². The molecule has 5 heterocycles. The molecule has 0 spiro atoms. The summed E-state index contributed by atoms with van der Waals surface area (Å²) in [6.45, 7) is 6.57. The van der Waals surface area contributed by atoms with Crippen LogP contribution < -0.4 is 15.1 Å². The molecular weight excluding hydrogens is 499 g/mol. The second-order valence-corrected chi connectivity index (χ2v) is 9.37. The smallest absolute Gasteiger partial charge is 0.229 e. The SMILES string of the molecule is CCn1cnc2c(NCc3nc4cc(Cl)c(Cl)cc4[nH]3)nc(N3CCN(c4ccccn4)CC3)nc21. The number of aromatic nitrogens is 7. The zero-order chi connectivity index (χ0) is 24.6. The van der Waals surface area contributed by atoms with E-state index in [1.807, 2.05) is 29.0 Å². The third-order valence-electron chi connectivity index (χ3n) is 6.32. The van der Waals surface area contributed by atoms with Crippen LogP contribution in [-0.4, -0.2) is 60.6 Å². The molecule has 10 nitrogen and oxygen atoms in total. The first-order valence-electron chi connectivity index (χ1n) is 11.8. The van der Waals surface area contributed by atoms with Crippen molar-refractivity contribution in [2.24, 2.45) is 0 Å². The first-order valence-corrected chi connectivity index (χ1v) is 12.6. The van der Waals surface area contributed by atoms with E-state index in [-0.39, 0.29) is 0 Å². The number of benzene rings is 1. The molecule has 12 heteroatoms. The number of imidazole rings is 2. The van der Waals surface area contributed by atoms with Crippen LogP contribution in [0.1, 0.15) is 12.7 Å². The normalized spacial score (nSPS) is 14.2. The summed E-state index contributed by atoms with van der Waals surface area (Å²) in [5.41, 5.74) is 3.13. The fraction of sp³-hybridized carbons (Fsp3) is 0.292. The van der Waals surface area contributed by atoms with Crippen molar-refractivity contribution in [3.8, 4) is 0 Å². The van der Waals surface area contributed by atoms with Crippen LogP contribution in [-0.2, 0) is 13.1 Å². The van der Waals surface area contributed by atoms with E-state index in [1.54, 1.807) is 18.5 Å². The molecule has 4 aromatic heterocycles. The quantitative estimate of drug-likeness (QED) is 0.339. The maximum absolute atomic E-state index is 6.15. The fourth-order valence-electron chi connectivity index (χ4n) is 4.41. The summed E-state index contributed by atoms with van der Waals surface area (Å²) in [6, 6.07) is 9.53. The zero-order valence-electron chi connectivity index (χ0n) is 19.6. The predicted octanol–water partition coefficient (Wildman–Crippen LogP) is 4.36. The van der Waals surface area contributed by atoms with E-state index < -0.39 is 0 Å². The molecule has 1 aromatic carbocycles. The monoisotopic (exact) mass is 522 g/mol. The van der Waals surface area contributed by atoms with Crippen molar-refractivity contribution in [2.75, 3.05) is 41.3 Å². The summed E-state index contributed by atoms with van der Waals surface area (Å²) in [5, 5.41) is 4.38. The topological polar surface area (TPSA) is 104 Å². The molecule has 0 saturated carbocycles. The number of H-pyrrole nitrogens is 1. The van der Waals surface area contributed by atoms with Crippen molar-refractivity contribution < 1.29 is 0 Å². The number of fused-ring (bicyclic) bond motifs is 2. The number of aromatic amines is 1. The van der Waals surface area contributed by atoms with E-state index in [0.717, 1.165) is 66.6 Å². The standard InChI is InChI=1S/C24H24Cl2N10/c1-2-34-14-29-21-22(28-13-19-30-17-11-15(25)16(26)12-18(17)31-19)32-24(33-23(21)34)36-9-7-35(8-10-36)20-5-3-4-6-27-20/h3-6,11-12,14H,2,7-10,13H2,1H3,(H,30,31)(H,28,32,33). The Balaban J connectivity index is 1.26. The Bertz CT molecular complexity index is 1480. The van der Waals surface area contributed by atoms with Crippen LogP contribution in [0.3, 0.4) is 0 Å². The number of rotatable bonds is 6. The van der Waals surface area contributed by atoms with Crippen molar-refractivity contribution >= 4 is 63.0 Å². The van der Waals surface area contributed by atoms with Gasteiger partial charge in [0, 0.05) is 38.9 Å². The molecule has 6 rings (SSSR count). The molecule has 2 N–H and O–H groups in total. The van der Waals surface area contributed by atoms with Crippen molar-refractivity contribution in [3.05, 3.63) is 58.7 Å². The Morgan fingerprint density at radius 2 is 1.78 bits per heavy atom. The van der Waals surface area contributed by atoms with Crippen LogP contribution in [0.15, 0.2) is 42.9 Å². The lowest BCUT2D eigenvalue weighted by molar-refractivity contribution is 0.635. The third kappa shape index (κ3) is 4.27. The van der Waals surface area contributed by atoms with E-state index >= 15 is 0 Å². The largest absolute Gasteiger partial charge is 0.361 e.